The number of nitrogens with one attached hydrogen (secondary N) is 3. The van der Waals surface area contributed by atoms with Gasteiger partial charge in [0.15, 0.2) is 0 Å². The molecule has 0 saturated heterocycles. The van der Waals surface area contributed by atoms with E-state index in [0.717, 1.165) is 39.2 Å². The zero-order chi connectivity index (χ0) is 20.1. The molecule has 0 spiro atoms. The largest absolute Gasteiger partial charge is 0.354 e. The second-order valence-electron chi connectivity index (χ2n) is 6.70. The van der Waals surface area contributed by atoms with Crippen LogP contribution in [0.2, 0.25) is 0 Å². The van der Waals surface area contributed by atoms with Crippen molar-refractivity contribution in [3.63, 3.8) is 0 Å². The number of aryl methyl sites for hydroxylation is 1. The molecule has 0 radical (unpaired) electrons. The van der Waals surface area contributed by atoms with E-state index in [1.54, 1.807) is 18.1 Å². The summed E-state index contributed by atoms with van der Waals surface area (Å²) in [5, 5.41) is 12.5. The van der Waals surface area contributed by atoms with Crippen LogP contribution < -0.4 is 10.9 Å². The van der Waals surface area contributed by atoms with E-state index in [4.69, 9.17) is 0 Å². The second-order valence-corrected chi connectivity index (χ2v) is 7.81. The number of aromatic amines is 2. The van der Waals surface area contributed by atoms with Gasteiger partial charge in [-0.3, -0.25) is 4.79 Å². The van der Waals surface area contributed by atoms with Gasteiger partial charge < -0.3 is 10.3 Å². The number of rotatable bonds is 8. The molecular weight excluding hydrogens is 384 g/mol. The number of H-pyrrole nitrogens is 2. The van der Waals surface area contributed by atoms with Crippen molar-refractivity contribution >= 4 is 28.5 Å². The fraction of sp³-hybridized carbons (Fsp3) is 0.238. The minimum atomic E-state index is -0.306. The summed E-state index contributed by atoms with van der Waals surface area (Å²) >= 11 is 1.77. The van der Waals surface area contributed by atoms with Gasteiger partial charge in [0, 0.05) is 30.2 Å². The first-order chi connectivity index (χ1) is 14.2. The van der Waals surface area contributed by atoms with E-state index in [1.165, 1.54) is 0 Å². The van der Waals surface area contributed by atoms with E-state index in [1.807, 2.05) is 31.2 Å². The third-order valence-corrected chi connectivity index (χ3v) is 5.68. The number of hydrogen-bond acceptors (Lipinski definition) is 6. The van der Waals surface area contributed by atoms with Crippen LogP contribution in [-0.2, 0) is 12.2 Å². The molecule has 148 valence electrons. The monoisotopic (exact) mass is 406 g/mol. The summed E-state index contributed by atoms with van der Waals surface area (Å²) in [7, 11) is 0. The topological polar surface area (TPSA) is 99.3 Å². The first kappa shape index (κ1) is 19.2. The number of hydrogen-bond donors (Lipinski definition) is 3. The third-order valence-electron chi connectivity index (χ3n) is 4.71. The van der Waals surface area contributed by atoms with Crippen LogP contribution in [0.25, 0.3) is 10.8 Å². The summed E-state index contributed by atoms with van der Waals surface area (Å²) in [4.78, 5) is 23.9. The van der Waals surface area contributed by atoms with Gasteiger partial charge in [0.25, 0.3) is 5.56 Å². The lowest BCUT2D eigenvalue weighted by Crippen LogP contribution is -2.20. The van der Waals surface area contributed by atoms with Gasteiger partial charge in [-0.05, 0) is 23.3 Å². The highest BCUT2D eigenvalue weighted by Gasteiger charge is 2.09. The van der Waals surface area contributed by atoms with Crippen LogP contribution in [0.4, 0.5) is 5.95 Å². The molecule has 2 aromatic heterocycles. The van der Waals surface area contributed by atoms with Gasteiger partial charge in [-0.1, -0.05) is 42.5 Å². The molecule has 4 aromatic rings. The average molecular weight is 407 g/mol. The van der Waals surface area contributed by atoms with Gasteiger partial charge in [0.1, 0.15) is 5.69 Å². The Morgan fingerprint density at radius 2 is 1.97 bits per heavy atom. The number of aromatic nitrogens is 5. The van der Waals surface area contributed by atoms with E-state index >= 15 is 0 Å². The molecule has 2 aromatic carbocycles. The Morgan fingerprint density at radius 3 is 2.79 bits per heavy atom. The lowest BCUT2D eigenvalue weighted by molar-refractivity contribution is 0.866. The summed E-state index contributed by atoms with van der Waals surface area (Å²) in [6.07, 6.45) is 2.16. The quantitative estimate of drug-likeness (QED) is 0.388. The number of imidazole rings is 1. The molecule has 3 N–H and O–H groups in total. The highest BCUT2D eigenvalue weighted by molar-refractivity contribution is 7.98. The van der Waals surface area contributed by atoms with Crippen molar-refractivity contribution in [1.82, 2.24) is 25.1 Å². The Kier molecular flexibility index (Phi) is 5.90. The van der Waals surface area contributed by atoms with E-state index in [0.29, 0.717) is 24.6 Å². The fourth-order valence-electron chi connectivity index (χ4n) is 3.12. The summed E-state index contributed by atoms with van der Waals surface area (Å²) in [5.41, 5.74) is 3.34. The summed E-state index contributed by atoms with van der Waals surface area (Å²) in [6.45, 7) is 2.70. The molecule has 0 atom stereocenters. The van der Waals surface area contributed by atoms with Crippen LogP contribution in [-0.4, -0.2) is 37.4 Å². The van der Waals surface area contributed by atoms with Gasteiger partial charge in [-0.2, -0.15) is 21.8 Å². The maximum Gasteiger partial charge on any atom is 0.296 e. The standard InChI is InChI=1S/C21H22N6OS/c1-14-19(24-13-23-14)12-29-10-9-22-21-25-20(28)18(26-27-21)11-16-7-4-6-15-5-2-3-8-17(15)16/h2-8,13H,9-12H2,1H3,(H,23,24)(H2,22,25,27,28). The lowest BCUT2D eigenvalue weighted by atomic mass is 10.0. The first-order valence-electron chi connectivity index (χ1n) is 9.43. The summed E-state index contributed by atoms with van der Waals surface area (Å²) in [6, 6.07) is 14.2. The average Bonchev–Trinajstić information content (AvgIpc) is 3.14. The van der Waals surface area contributed by atoms with Crippen molar-refractivity contribution in [3.05, 3.63) is 81.8 Å². The molecule has 7 nitrogen and oxygen atoms in total. The van der Waals surface area contributed by atoms with Crippen LogP contribution in [0.3, 0.4) is 0 Å². The molecule has 0 fully saturated rings. The Bertz CT molecular complexity index is 1160. The van der Waals surface area contributed by atoms with E-state index in [2.05, 4.69) is 48.7 Å². The number of anilines is 1. The molecule has 0 saturated carbocycles. The molecule has 2 heterocycles. The van der Waals surface area contributed by atoms with Crippen molar-refractivity contribution < 1.29 is 0 Å². The minimum absolute atomic E-state index is 0.306. The normalized spacial score (nSPS) is 11.1. The molecule has 8 heteroatoms. The van der Waals surface area contributed by atoms with E-state index < -0.39 is 0 Å². The summed E-state index contributed by atoms with van der Waals surface area (Å²) in [5.74, 6) is 2.12. The fourth-order valence-corrected chi connectivity index (χ4v) is 4.00. The SMILES string of the molecule is Cc1[nH]cnc1CSCCNc1nc(=O)c(Cc2cccc3ccccc23)n[nH]1. The highest BCUT2D eigenvalue weighted by Crippen LogP contribution is 2.20. The van der Waals surface area contributed by atoms with Crippen LogP contribution in [0.1, 0.15) is 22.6 Å². The van der Waals surface area contributed by atoms with Gasteiger partial charge in [0.2, 0.25) is 5.95 Å². The molecule has 0 aliphatic rings. The second kappa shape index (κ2) is 8.91. The molecule has 4 rings (SSSR count). The van der Waals surface area contributed by atoms with Crippen LogP contribution in [0, 0.1) is 6.92 Å². The number of nitrogens with zero attached hydrogens (tertiary/aromatic N) is 3. The predicted molar refractivity (Wildman–Crippen MR) is 117 cm³/mol. The highest BCUT2D eigenvalue weighted by atomic mass is 32.2. The molecule has 0 bridgehead atoms. The Morgan fingerprint density at radius 1 is 1.10 bits per heavy atom. The Labute approximate surface area is 172 Å². The zero-order valence-electron chi connectivity index (χ0n) is 16.1. The van der Waals surface area contributed by atoms with Crippen molar-refractivity contribution in [1.29, 1.82) is 0 Å². The van der Waals surface area contributed by atoms with Crippen LogP contribution >= 0.6 is 11.8 Å². The predicted octanol–water partition coefficient (Wildman–Crippen LogP) is 3.29. The van der Waals surface area contributed by atoms with Gasteiger partial charge in [0.05, 0.1) is 12.0 Å². The maximum absolute atomic E-state index is 12.4. The number of benzene rings is 2. The smallest absolute Gasteiger partial charge is 0.296 e. The van der Waals surface area contributed by atoms with Gasteiger partial charge in [-0.25, -0.2) is 10.1 Å². The molecule has 29 heavy (non-hydrogen) atoms. The van der Waals surface area contributed by atoms with Crippen LogP contribution in [0.15, 0.2) is 53.6 Å². The zero-order valence-corrected chi connectivity index (χ0v) is 16.9. The first-order valence-corrected chi connectivity index (χ1v) is 10.6. The number of thioether (sulfide) groups is 1. The van der Waals surface area contributed by atoms with Crippen molar-refractivity contribution in [2.45, 2.75) is 19.1 Å². The molecule has 0 unspecified atom stereocenters. The van der Waals surface area contributed by atoms with Crippen molar-refractivity contribution in [3.8, 4) is 0 Å². The molecule has 0 aliphatic heterocycles. The third kappa shape index (κ3) is 4.65. The van der Waals surface area contributed by atoms with E-state index in [9.17, 15) is 4.79 Å². The molecular formula is C21H22N6OS. The van der Waals surface area contributed by atoms with Gasteiger partial charge >= 0.3 is 0 Å². The van der Waals surface area contributed by atoms with Gasteiger partial charge in [-0.15, -0.1) is 0 Å². The van der Waals surface area contributed by atoms with Crippen LogP contribution in [0.5, 0.6) is 0 Å². The molecule has 0 aliphatic carbocycles. The molecule has 0 amide bonds. The number of fused-ring (bicyclic) bond motifs is 1. The maximum atomic E-state index is 12.4. The summed E-state index contributed by atoms with van der Waals surface area (Å²) < 4.78 is 0. The van der Waals surface area contributed by atoms with Crippen molar-refractivity contribution in [2.24, 2.45) is 0 Å². The van der Waals surface area contributed by atoms with Crippen molar-refractivity contribution in [2.75, 3.05) is 17.6 Å². The Balaban J connectivity index is 1.34. The minimum Gasteiger partial charge on any atom is -0.354 e. The van der Waals surface area contributed by atoms with E-state index in [-0.39, 0.29) is 5.56 Å². The Hall–Kier alpha value is -3.13. The lowest BCUT2D eigenvalue weighted by Gasteiger charge is -2.07.